The Hall–Kier alpha value is -1.69. The molecule has 0 aromatic heterocycles. The van der Waals surface area contributed by atoms with Crippen molar-refractivity contribution < 1.29 is 0 Å². The molecule has 0 aliphatic heterocycles. The zero-order valence-electron chi connectivity index (χ0n) is 9.52. The quantitative estimate of drug-likeness (QED) is 0.345. The number of aliphatic imine (C=N–C) groups is 1. The Morgan fingerprint density at radius 1 is 1.29 bits per heavy atom. The van der Waals surface area contributed by atoms with Crippen LogP contribution < -0.4 is 17.2 Å². The number of guanidine groups is 1. The van der Waals surface area contributed by atoms with Crippen molar-refractivity contribution in [3.05, 3.63) is 29.8 Å². The van der Waals surface area contributed by atoms with Gasteiger partial charge >= 0.3 is 0 Å². The molecule has 0 heterocycles. The summed E-state index contributed by atoms with van der Waals surface area (Å²) in [4.78, 5) is 3.99. The van der Waals surface area contributed by atoms with Crippen LogP contribution in [0.2, 0.25) is 0 Å². The molecule has 1 rings (SSSR count). The van der Waals surface area contributed by atoms with E-state index in [1.54, 1.807) is 11.8 Å². The molecular formula is C11H17N5S. The molecule has 7 N–H and O–H groups in total. The number of thioether (sulfide) groups is 1. The second-order valence-corrected chi connectivity index (χ2v) is 4.64. The smallest absolute Gasteiger partial charge is 0.191 e. The Labute approximate surface area is 105 Å². The number of rotatable bonds is 6. The van der Waals surface area contributed by atoms with Gasteiger partial charge in [0.15, 0.2) is 5.96 Å². The minimum Gasteiger partial charge on any atom is -0.388 e. The number of benzene rings is 1. The number of hydrogen-bond donors (Lipinski definition) is 4. The highest BCUT2D eigenvalue weighted by molar-refractivity contribution is 7.98. The summed E-state index contributed by atoms with van der Waals surface area (Å²) in [7, 11) is 0. The SMILES string of the molecule is N=C(N)CCSCc1cccc(N=C(N)N)c1. The molecule has 92 valence electrons. The lowest BCUT2D eigenvalue weighted by Gasteiger charge is -2.03. The number of hydrogen-bond acceptors (Lipinski definition) is 3. The molecule has 0 spiro atoms. The van der Waals surface area contributed by atoms with Crippen molar-refractivity contribution in [1.29, 1.82) is 5.41 Å². The first-order chi connectivity index (χ1) is 8.08. The summed E-state index contributed by atoms with van der Waals surface area (Å²) in [5.41, 5.74) is 17.8. The summed E-state index contributed by atoms with van der Waals surface area (Å²) in [5.74, 6) is 2.00. The number of nitrogens with zero attached hydrogens (tertiary/aromatic N) is 1. The lowest BCUT2D eigenvalue weighted by Crippen LogP contribution is -2.21. The molecule has 0 bridgehead atoms. The van der Waals surface area contributed by atoms with Gasteiger partial charge in [-0.1, -0.05) is 12.1 Å². The lowest BCUT2D eigenvalue weighted by atomic mass is 10.2. The monoisotopic (exact) mass is 251 g/mol. The summed E-state index contributed by atoms with van der Waals surface area (Å²) < 4.78 is 0. The highest BCUT2D eigenvalue weighted by atomic mass is 32.2. The number of nitrogens with two attached hydrogens (primary N) is 3. The van der Waals surface area contributed by atoms with Crippen LogP contribution in [0.15, 0.2) is 29.3 Å². The van der Waals surface area contributed by atoms with Crippen molar-refractivity contribution in [2.24, 2.45) is 22.2 Å². The fourth-order valence-electron chi connectivity index (χ4n) is 1.24. The predicted octanol–water partition coefficient (Wildman–Crippen LogP) is 1.15. The van der Waals surface area contributed by atoms with E-state index in [-0.39, 0.29) is 11.8 Å². The van der Waals surface area contributed by atoms with E-state index < -0.39 is 0 Å². The van der Waals surface area contributed by atoms with E-state index in [0.717, 1.165) is 22.8 Å². The third-order valence-corrected chi connectivity index (χ3v) is 2.98. The van der Waals surface area contributed by atoms with Gasteiger partial charge in [0, 0.05) is 17.9 Å². The molecule has 0 amide bonds. The average molecular weight is 251 g/mol. The number of nitrogens with one attached hydrogen (secondary N) is 1. The standard InChI is InChI=1S/C11H17N5S/c12-10(13)4-5-17-7-8-2-1-3-9(6-8)16-11(14)15/h1-3,6H,4-5,7H2,(H3,12,13)(H4,14,15,16). The molecule has 6 heteroatoms. The molecule has 0 saturated carbocycles. The van der Waals surface area contributed by atoms with Gasteiger partial charge in [0.1, 0.15) is 0 Å². The Balaban J connectivity index is 2.49. The van der Waals surface area contributed by atoms with Crippen LogP contribution >= 0.6 is 11.8 Å². The van der Waals surface area contributed by atoms with Crippen LogP contribution in [0.1, 0.15) is 12.0 Å². The zero-order valence-corrected chi connectivity index (χ0v) is 10.3. The molecular weight excluding hydrogens is 234 g/mol. The van der Waals surface area contributed by atoms with Gasteiger partial charge in [-0.2, -0.15) is 11.8 Å². The van der Waals surface area contributed by atoms with Crippen LogP contribution in [-0.4, -0.2) is 17.5 Å². The first-order valence-electron chi connectivity index (χ1n) is 5.17. The van der Waals surface area contributed by atoms with Gasteiger partial charge in [0.25, 0.3) is 0 Å². The van der Waals surface area contributed by atoms with Gasteiger partial charge < -0.3 is 17.2 Å². The van der Waals surface area contributed by atoms with E-state index in [0.29, 0.717) is 6.42 Å². The molecule has 1 aromatic carbocycles. The van der Waals surface area contributed by atoms with Crippen LogP contribution in [0.25, 0.3) is 0 Å². The van der Waals surface area contributed by atoms with Crippen LogP contribution in [0.4, 0.5) is 5.69 Å². The molecule has 5 nitrogen and oxygen atoms in total. The first kappa shape index (κ1) is 13.4. The van der Waals surface area contributed by atoms with Gasteiger partial charge in [-0.15, -0.1) is 0 Å². The maximum absolute atomic E-state index is 7.11. The predicted molar refractivity (Wildman–Crippen MR) is 74.6 cm³/mol. The van der Waals surface area contributed by atoms with Crippen LogP contribution in [-0.2, 0) is 5.75 Å². The average Bonchev–Trinajstić information content (AvgIpc) is 2.24. The maximum Gasteiger partial charge on any atom is 0.191 e. The Bertz CT molecular complexity index is 412. The summed E-state index contributed by atoms with van der Waals surface area (Å²) in [5, 5.41) is 7.11. The van der Waals surface area contributed by atoms with Crippen LogP contribution in [0, 0.1) is 5.41 Å². The van der Waals surface area contributed by atoms with Crippen molar-refractivity contribution in [3.63, 3.8) is 0 Å². The molecule has 17 heavy (non-hydrogen) atoms. The zero-order chi connectivity index (χ0) is 12.7. The minimum atomic E-state index is 0.0615. The Morgan fingerprint density at radius 3 is 2.71 bits per heavy atom. The van der Waals surface area contributed by atoms with Crippen LogP contribution in [0.5, 0.6) is 0 Å². The molecule has 0 aliphatic rings. The summed E-state index contributed by atoms with van der Waals surface area (Å²) >= 11 is 1.73. The second kappa shape index (κ2) is 6.80. The number of amidine groups is 1. The summed E-state index contributed by atoms with van der Waals surface area (Å²) in [6.07, 6.45) is 0.623. The second-order valence-electron chi connectivity index (χ2n) is 3.53. The highest BCUT2D eigenvalue weighted by Crippen LogP contribution is 2.18. The Kier molecular flexibility index (Phi) is 5.35. The fraction of sp³-hybridized carbons (Fsp3) is 0.273. The topological polar surface area (TPSA) is 114 Å². The molecule has 0 unspecified atom stereocenters. The summed E-state index contributed by atoms with van der Waals surface area (Å²) in [6, 6.07) is 7.74. The van der Waals surface area contributed by atoms with Gasteiger partial charge in [-0.3, -0.25) is 5.41 Å². The van der Waals surface area contributed by atoms with Crippen molar-refractivity contribution >= 4 is 29.2 Å². The Morgan fingerprint density at radius 2 is 2.06 bits per heavy atom. The molecule has 0 fully saturated rings. The third kappa shape index (κ3) is 5.82. The van der Waals surface area contributed by atoms with Crippen LogP contribution in [0.3, 0.4) is 0 Å². The van der Waals surface area contributed by atoms with Crippen molar-refractivity contribution in [2.75, 3.05) is 5.75 Å². The first-order valence-corrected chi connectivity index (χ1v) is 6.32. The highest BCUT2D eigenvalue weighted by Gasteiger charge is 1.97. The van der Waals surface area contributed by atoms with Gasteiger partial charge in [-0.25, -0.2) is 4.99 Å². The largest absolute Gasteiger partial charge is 0.388 e. The fourth-order valence-corrected chi connectivity index (χ4v) is 2.16. The molecule has 0 saturated heterocycles. The van der Waals surface area contributed by atoms with E-state index in [9.17, 15) is 0 Å². The third-order valence-electron chi connectivity index (χ3n) is 1.95. The van der Waals surface area contributed by atoms with Crippen molar-refractivity contribution in [2.45, 2.75) is 12.2 Å². The van der Waals surface area contributed by atoms with Gasteiger partial charge in [-0.05, 0) is 17.7 Å². The molecule has 0 aliphatic carbocycles. The van der Waals surface area contributed by atoms with E-state index in [1.165, 1.54) is 0 Å². The lowest BCUT2D eigenvalue weighted by molar-refractivity contribution is 1.22. The van der Waals surface area contributed by atoms with Crippen molar-refractivity contribution in [1.82, 2.24) is 0 Å². The molecule has 0 radical (unpaired) electrons. The molecule has 1 aromatic rings. The molecule has 0 atom stereocenters. The van der Waals surface area contributed by atoms with Gasteiger partial charge in [0.05, 0.1) is 11.5 Å². The van der Waals surface area contributed by atoms with E-state index in [1.807, 2.05) is 24.3 Å². The van der Waals surface area contributed by atoms with Gasteiger partial charge in [0.2, 0.25) is 0 Å². The van der Waals surface area contributed by atoms with E-state index in [2.05, 4.69) is 4.99 Å². The van der Waals surface area contributed by atoms with E-state index >= 15 is 0 Å². The maximum atomic E-state index is 7.11. The minimum absolute atomic E-state index is 0.0615. The summed E-state index contributed by atoms with van der Waals surface area (Å²) in [6.45, 7) is 0. The van der Waals surface area contributed by atoms with E-state index in [4.69, 9.17) is 22.6 Å². The normalized spacial score (nSPS) is 9.88. The van der Waals surface area contributed by atoms with Crippen molar-refractivity contribution in [3.8, 4) is 0 Å².